The number of carbonyl (C=O) groups excluding carboxylic acids is 1. The van der Waals surface area contributed by atoms with Crippen LogP contribution in [0.2, 0.25) is 0 Å². The first-order valence-corrected chi connectivity index (χ1v) is 6.42. The molecule has 1 aromatic heterocycles. The Morgan fingerprint density at radius 2 is 2.28 bits per heavy atom. The average Bonchev–Trinajstić information content (AvgIpc) is 2.89. The normalized spacial score (nSPS) is 16.6. The number of hydrogen-bond donors (Lipinski definition) is 2. The summed E-state index contributed by atoms with van der Waals surface area (Å²) in [5.41, 5.74) is 5.29. The largest absolute Gasteiger partial charge is 0.467 e. The Kier molecular flexibility index (Phi) is 4.19. The van der Waals surface area contributed by atoms with Crippen molar-refractivity contribution in [1.82, 2.24) is 10.2 Å². The molecule has 18 heavy (non-hydrogen) atoms. The monoisotopic (exact) mass is 267 g/mol. The van der Waals surface area contributed by atoms with Gasteiger partial charge in [-0.3, -0.25) is 4.79 Å². The summed E-state index contributed by atoms with van der Waals surface area (Å²) in [4.78, 5) is 13.1. The van der Waals surface area contributed by atoms with Crippen LogP contribution in [0.5, 0.6) is 0 Å². The van der Waals surface area contributed by atoms with Crippen LogP contribution in [0.4, 0.5) is 0 Å². The number of nitrogens with zero attached hydrogens (tertiary/aromatic N) is 1. The molecule has 1 aliphatic heterocycles. The molecule has 1 amide bonds. The van der Waals surface area contributed by atoms with Crippen molar-refractivity contribution < 1.29 is 9.21 Å². The molecule has 98 valence electrons. The highest BCUT2D eigenvalue weighted by Crippen LogP contribution is 2.16. The Morgan fingerprint density at radius 3 is 2.83 bits per heavy atom. The van der Waals surface area contributed by atoms with E-state index in [0.29, 0.717) is 11.7 Å². The second-order valence-electron chi connectivity index (χ2n) is 4.40. The number of piperidine rings is 1. The first kappa shape index (κ1) is 12.9. The number of likely N-dealkylation sites (tertiary alicyclic amines) is 1. The van der Waals surface area contributed by atoms with Crippen LogP contribution < -0.4 is 11.1 Å². The fourth-order valence-electron chi connectivity index (χ4n) is 2.05. The molecule has 0 saturated carbocycles. The van der Waals surface area contributed by atoms with Crippen molar-refractivity contribution in [3.8, 4) is 0 Å². The first-order chi connectivity index (χ1) is 8.66. The van der Waals surface area contributed by atoms with Crippen LogP contribution in [0.1, 0.15) is 18.6 Å². The summed E-state index contributed by atoms with van der Waals surface area (Å²) in [7, 11) is 0. The number of hydrogen-bond acceptors (Lipinski definition) is 3. The molecule has 0 spiro atoms. The molecule has 0 radical (unpaired) electrons. The summed E-state index contributed by atoms with van der Waals surface area (Å²) in [5.74, 6) is 0.641. The minimum Gasteiger partial charge on any atom is -0.467 e. The van der Waals surface area contributed by atoms with Gasteiger partial charge in [-0.1, -0.05) is 0 Å². The maximum Gasteiger partial charge on any atom is 0.220 e. The Balaban J connectivity index is 1.75. The lowest BCUT2D eigenvalue weighted by Gasteiger charge is -2.32. The van der Waals surface area contributed by atoms with Crippen LogP contribution in [0, 0.1) is 5.92 Å². The highest BCUT2D eigenvalue weighted by molar-refractivity contribution is 7.80. The molecule has 1 saturated heterocycles. The van der Waals surface area contributed by atoms with Gasteiger partial charge in [0, 0.05) is 19.0 Å². The summed E-state index contributed by atoms with van der Waals surface area (Å²) in [6.07, 6.45) is 3.19. The van der Waals surface area contributed by atoms with Gasteiger partial charge in [-0.2, -0.15) is 0 Å². The van der Waals surface area contributed by atoms with Crippen molar-refractivity contribution in [1.29, 1.82) is 0 Å². The number of thiocarbonyl (C=S) groups is 1. The van der Waals surface area contributed by atoms with E-state index in [1.807, 2.05) is 12.1 Å². The lowest BCUT2D eigenvalue weighted by atomic mass is 9.97. The zero-order valence-electron chi connectivity index (χ0n) is 10.1. The summed E-state index contributed by atoms with van der Waals surface area (Å²) in [5, 5.41) is 3.85. The quantitative estimate of drug-likeness (QED) is 0.795. The molecule has 0 unspecified atom stereocenters. The summed E-state index contributed by atoms with van der Waals surface area (Å²) >= 11 is 5.31. The molecule has 0 atom stereocenters. The number of primary amides is 1. The third-order valence-electron chi connectivity index (χ3n) is 3.18. The molecule has 6 heteroatoms. The predicted molar refractivity (Wildman–Crippen MR) is 71.6 cm³/mol. The van der Waals surface area contributed by atoms with Gasteiger partial charge in [-0.25, -0.2) is 0 Å². The lowest BCUT2D eigenvalue weighted by molar-refractivity contribution is -0.122. The van der Waals surface area contributed by atoms with E-state index in [9.17, 15) is 4.79 Å². The van der Waals surface area contributed by atoms with E-state index in [4.69, 9.17) is 22.4 Å². The van der Waals surface area contributed by atoms with E-state index in [1.165, 1.54) is 0 Å². The van der Waals surface area contributed by atoms with Crippen LogP contribution in [0.25, 0.3) is 0 Å². The van der Waals surface area contributed by atoms with Crippen LogP contribution in [-0.2, 0) is 11.3 Å². The summed E-state index contributed by atoms with van der Waals surface area (Å²) in [6, 6.07) is 3.74. The Bertz CT molecular complexity index is 411. The molecule has 1 aliphatic rings. The van der Waals surface area contributed by atoms with Gasteiger partial charge in [-0.05, 0) is 37.2 Å². The number of amides is 1. The van der Waals surface area contributed by atoms with E-state index in [-0.39, 0.29) is 11.8 Å². The molecule has 1 aromatic rings. The maximum atomic E-state index is 11.1. The SMILES string of the molecule is NC(=O)C1CCN(C(=S)NCc2ccco2)CC1. The van der Waals surface area contributed by atoms with Crippen molar-refractivity contribution >= 4 is 23.2 Å². The molecule has 3 N–H and O–H groups in total. The second kappa shape index (κ2) is 5.86. The molecule has 5 nitrogen and oxygen atoms in total. The number of rotatable bonds is 3. The molecule has 0 bridgehead atoms. The summed E-state index contributed by atoms with van der Waals surface area (Å²) in [6.45, 7) is 2.14. The highest BCUT2D eigenvalue weighted by atomic mass is 32.1. The number of carbonyl (C=O) groups is 1. The van der Waals surface area contributed by atoms with Crippen LogP contribution in [0.15, 0.2) is 22.8 Å². The summed E-state index contributed by atoms with van der Waals surface area (Å²) < 4.78 is 5.22. The Hall–Kier alpha value is -1.56. The van der Waals surface area contributed by atoms with Crippen LogP contribution in [0.3, 0.4) is 0 Å². The maximum absolute atomic E-state index is 11.1. The van der Waals surface area contributed by atoms with E-state index in [2.05, 4.69) is 10.2 Å². The van der Waals surface area contributed by atoms with E-state index >= 15 is 0 Å². The third-order valence-corrected chi connectivity index (χ3v) is 3.58. The standard InChI is InChI=1S/C12H17N3O2S/c13-11(16)9-3-5-15(6-4-9)12(18)14-8-10-2-1-7-17-10/h1-2,7,9H,3-6,8H2,(H2,13,16)(H,14,18). The zero-order chi connectivity index (χ0) is 13.0. The van der Waals surface area contributed by atoms with Gasteiger partial charge in [0.15, 0.2) is 5.11 Å². The first-order valence-electron chi connectivity index (χ1n) is 6.01. The predicted octanol–water partition coefficient (Wildman–Crippen LogP) is 0.851. The zero-order valence-corrected chi connectivity index (χ0v) is 10.9. The molecule has 0 aromatic carbocycles. The van der Waals surface area contributed by atoms with Crippen LogP contribution >= 0.6 is 12.2 Å². The van der Waals surface area contributed by atoms with E-state index in [0.717, 1.165) is 31.7 Å². The van der Waals surface area contributed by atoms with Gasteiger partial charge < -0.3 is 20.4 Å². The minimum absolute atomic E-state index is 0.00544. The van der Waals surface area contributed by atoms with Gasteiger partial charge in [0.1, 0.15) is 5.76 Å². The lowest BCUT2D eigenvalue weighted by Crippen LogP contribution is -2.45. The van der Waals surface area contributed by atoms with Gasteiger partial charge in [0.2, 0.25) is 5.91 Å². The van der Waals surface area contributed by atoms with Crippen molar-refractivity contribution in [2.45, 2.75) is 19.4 Å². The van der Waals surface area contributed by atoms with Crippen molar-refractivity contribution in [3.05, 3.63) is 24.2 Å². The van der Waals surface area contributed by atoms with Gasteiger partial charge >= 0.3 is 0 Å². The smallest absolute Gasteiger partial charge is 0.220 e. The van der Waals surface area contributed by atoms with E-state index < -0.39 is 0 Å². The second-order valence-corrected chi connectivity index (χ2v) is 4.79. The Morgan fingerprint density at radius 1 is 1.56 bits per heavy atom. The fourth-order valence-corrected chi connectivity index (χ4v) is 2.31. The van der Waals surface area contributed by atoms with Crippen molar-refractivity contribution in [3.63, 3.8) is 0 Å². The number of furan rings is 1. The van der Waals surface area contributed by atoms with Crippen LogP contribution in [-0.4, -0.2) is 29.0 Å². The van der Waals surface area contributed by atoms with Gasteiger partial charge in [-0.15, -0.1) is 0 Å². The number of nitrogens with one attached hydrogen (secondary N) is 1. The van der Waals surface area contributed by atoms with Crippen molar-refractivity contribution in [2.24, 2.45) is 11.7 Å². The van der Waals surface area contributed by atoms with Gasteiger partial charge in [0.05, 0.1) is 12.8 Å². The molecule has 2 rings (SSSR count). The molecular formula is C12H17N3O2S. The van der Waals surface area contributed by atoms with E-state index in [1.54, 1.807) is 6.26 Å². The molecule has 1 fully saturated rings. The molecule has 0 aliphatic carbocycles. The minimum atomic E-state index is -0.205. The fraction of sp³-hybridized carbons (Fsp3) is 0.500. The highest BCUT2D eigenvalue weighted by Gasteiger charge is 2.24. The topological polar surface area (TPSA) is 71.5 Å². The Labute approximate surface area is 111 Å². The third kappa shape index (κ3) is 3.22. The average molecular weight is 267 g/mol. The number of nitrogens with two attached hydrogens (primary N) is 1. The van der Waals surface area contributed by atoms with Crippen molar-refractivity contribution in [2.75, 3.05) is 13.1 Å². The molecule has 2 heterocycles. The molecular weight excluding hydrogens is 250 g/mol. The van der Waals surface area contributed by atoms with Gasteiger partial charge in [0.25, 0.3) is 0 Å².